The van der Waals surface area contributed by atoms with Crippen molar-refractivity contribution < 1.29 is 54.9 Å². The Morgan fingerprint density at radius 3 is 2.07 bits per heavy atom. The number of hydrogen-bond acceptors (Lipinski definition) is 11. The molecule has 5 rings (SSSR count). The van der Waals surface area contributed by atoms with Gasteiger partial charge in [-0.15, -0.1) is 0 Å². The maximum atomic E-state index is 13.3. The average molecular weight is 583 g/mol. The van der Waals surface area contributed by atoms with Gasteiger partial charge in [0.2, 0.25) is 5.78 Å². The number of benzene rings is 2. The highest BCUT2D eigenvalue weighted by atomic mass is 16.4. The number of phenols is 2. The zero-order valence-corrected chi connectivity index (χ0v) is 22.8. The highest BCUT2D eigenvalue weighted by Crippen LogP contribution is 2.56. The summed E-state index contributed by atoms with van der Waals surface area (Å²) in [5.74, 6) is -9.20. The summed E-state index contributed by atoms with van der Waals surface area (Å²) in [7, 11) is 3.06. The molecule has 0 bridgehead atoms. The van der Waals surface area contributed by atoms with Crippen molar-refractivity contribution in [2.45, 2.75) is 30.6 Å². The topological polar surface area (TPSA) is 239 Å². The number of ketones is 2. The number of carbonyl (C=O) groups is 4. The van der Waals surface area contributed by atoms with Gasteiger partial charge in [-0.3, -0.25) is 19.3 Å². The van der Waals surface area contributed by atoms with Crippen molar-refractivity contribution in [2.75, 3.05) is 14.1 Å². The van der Waals surface area contributed by atoms with E-state index in [0.717, 1.165) is 0 Å². The number of aliphatic hydroxyl groups is 4. The molecule has 1 amide bonds. The lowest BCUT2D eigenvalue weighted by Gasteiger charge is -2.52. The molecule has 0 saturated heterocycles. The van der Waals surface area contributed by atoms with E-state index in [-0.39, 0.29) is 28.9 Å². The highest BCUT2D eigenvalue weighted by molar-refractivity contribution is 6.24. The second-order valence-electron chi connectivity index (χ2n) is 10.8. The number of Topliss-reactive ketones (excluding diaryl/α,β-unsaturated/α-hetero) is 2. The van der Waals surface area contributed by atoms with Gasteiger partial charge in [-0.1, -0.05) is 24.3 Å². The van der Waals surface area contributed by atoms with Gasteiger partial charge < -0.3 is 41.5 Å². The third-order valence-corrected chi connectivity index (χ3v) is 8.16. The number of nitrogens with two attached hydrogens (primary N) is 1. The van der Waals surface area contributed by atoms with Gasteiger partial charge in [-0.05, 0) is 51.2 Å². The molecule has 0 aliphatic heterocycles. The van der Waals surface area contributed by atoms with Crippen molar-refractivity contribution in [3.8, 4) is 11.5 Å². The largest absolute Gasteiger partial charge is 0.510 e. The van der Waals surface area contributed by atoms with Crippen molar-refractivity contribution in [1.82, 2.24) is 4.90 Å². The molecular formula is C29H30N2O11. The van der Waals surface area contributed by atoms with Gasteiger partial charge in [-0.2, -0.15) is 0 Å². The van der Waals surface area contributed by atoms with Gasteiger partial charge in [-0.25, -0.2) is 4.79 Å². The Morgan fingerprint density at radius 1 is 0.952 bits per heavy atom. The van der Waals surface area contributed by atoms with Crippen LogP contribution in [0.15, 0.2) is 65.1 Å². The number of primary amides is 1. The van der Waals surface area contributed by atoms with Crippen LogP contribution in [0.25, 0.3) is 0 Å². The van der Waals surface area contributed by atoms with E-state index in [1.165, 1.54) is 56.3 Å². The number of aromatic hydroxyl groups is 2. The van der Waals surface area contributed by atoms with Gasteiger partial charge in [0.25, 0.3) is 5.91 Å². The molecule has 13 nitrogen and oxygen atoms in total. The number of fused-ring (bicyclic) bond motifs is 3. The number of carboxylic acids is 1. The fourth-order valence-electron chi connectivity index (χ4n) is 6.16. The first-order chi connectivity index (χ1) is 19.5. The summed E-state index contributed by atoms with van der Waals surface area (Å²) < 4.78 is 0. The Bertz CT molecular complexity index is 1590. The average Bonchev–Trinajstić information content (AvgIpc) is 2.89. The Hall–Kier alpha value is -4.72. The van der Waals surface area contributed by atoms with E-state index in [1.54, 1.807) is 12.1 Å². The summed E-state index contributed by atoms with van der Waals surface area (Å²) in [6.07, 6.45) is -0.200. The Kier molecular flexibility index (Phi) is 7.40. The van der Waals surface area contributed by atoms with Gasteiger partial charge in [0, 0.05) is 17.4 Å². The number of phenolic OH excluding ortho intramolecular Hbond substituents is 1. The number of carbonyl (C=O) groups excluding carboxylic acids is 3. The van der Waals surface area contributed by atoms with Gasteiger partial charge in [0.05, 0.1) is 17.2 Å². The first-order valence-electron chi connectivity index (χ1n) is 12.7. The summed E-state index contributed by atoms with van der Waals surface area (Å²) in [5, 5.41) is 72.3. The number of hydrogen-bond donors (Lipinski definition) is 8. The molecule has 0 unspecified atom stereocenters. The summed E-state index contributed by atoms with van der Waals surface area (Å²) >= 11 is 0. The number of amides is 1. The predicted molar refractivity (Wildman–Crippen MR) is 145 cm³/mol. The number of likely N-dealkylation sites (N-methyl/N-ethyl adjacent to an activating group) is 1. The van der Waals surface area contributed by atoms with Gasteiger partial charge >= 0.3 is 5.97 Å². The third kappa shape index (κ3) is 4.29. The first kappa shape index (κ1) is 30.2. The quantitative estimate of drug-likeness (QED) is 0.235. The molecule has 9 N–H and O–H groups in total. The van der Waals surface area contributed by atoms with Gasteiger partial charge in [0.1, 0.15) is 34.2 Å². The monoisotopic (exact) mass is 582 g/mol. The molecule has 2 aromatic rings. The smallest absolute Gasteiger partial charge is 0.339 e. The highest BCUT2D eigenvalue weighted by Gasteiger charge is 2.65. The SMILES string of the molecule is CN(C)[C@@H]1C(O)=C(C(N)=O)C(=O)[C@@]2(O)C(O)=C3C(=O)c4c(O)cccc4[C@@](C)(O)[C@H]3C[C@@H]12.O=C(O)c1ccccc1O. The number of carboxylic acid groups (broad SMARTS) is 1. The molecule has 2 aromatic carbocycles. The molecule has 0 saturated carbocycles. The van der Waals surface area contributed by atoms with Crippen molar-refractivity contribution >= 4 is 23.4 Å². The lowest BCUT2D eigenvalue weighted by Crippen LogP contribution is -2.65. The maximum Gasteiger partial charge on any atom is 0.339 e. The van der Waals surface area contributed by atoms with E-state index in [0.29, 0.717) is 0 Å². The lowest BCUT2D eigenvalue weighted by atomic mass is 9.55. The molecule has 0 fully saturated rings. The molecular weight excluding hydrogens is 552 g/mol. The van der Waals surface area contributed by atoms with Crippen molar-refractivity contribution in [1.29, 1.82) is 0 Å². The van der Waals surface area contributed by atoms with Crippen LogP contribution < -0.4 is 5.73 Å². The molecule has 42 heavy (non-hydrogen) atoms. The second-order valence-corrected chi connectivity index (χ2v) is 10.8. The Morgan fingerprint density at radius 2 is 1.55 bits per heavy atom. The van der Waals surface area contributed by atoms with E-state index in [9.17, 15) is 44.7 Å². The van der Waals surface area contributed by atoms with E-state index in [1.807, 2.05) is 0 Å². The van der Waals surface area contributed by atoms with Crippen LogP contribution in [0.1, 0.15) is 39.6 Å². The van der Waals surface area contributed by atoms with Gasteiger partial charge in [0.15, 0.2) is 11.4 Å². The van der Waals surface area contributed by atoms with Crippen LogP contribution in [0.4, 0.5) is 0 Å². The summed E-state index contributed by atoms with van der Waals surface area (Å²) in [5.41, 5.74) is -0.721. The standard InChI is InChI=1S/C22H24N2O8.C7H6O3/c1-21(31)8-5-4-6-11(25)12(8)16(26)13-9(21)7-10-15(24(2)3)17(27)14(20(23)30)19(29)22(10,32)18(13)28;8-6-4-2-1-3-5(6)7(9)10/h4-6,9-10,15,25,27-28,31-32H,7H2,1-3H3,(H2,23,30);1-4,8H,(H,9,10)/t9-,10-,15-,21+,22-;/m0./s1. The van der Waals surface area contributed by atoms with Crippen LogP contribution in [-0.4, -0.2) is 89.8 Å². The summed E-state index contributed by atoms with van der Waals surface area (Å²) in [6, 6.07) is 8.86. The fourth-order valence-corrected chi connectivity index (χ4v) is 6.16. The van der Waals surface area contributed by atoms with Crippen LogP contribution in [0.3, 0.4) is 0 Å². The van der Waals surface area contributed by atoms with E-state index >= 15 is 0 Å². The number of aliphatic hydroxyl groups excluding tert-OH is 2. The number of nitrogens with zero attached hydrogens (tertiary/aromatic N) is 1. The molecule has 0 radical (unpaired) electrons. The zero-order chi connectivity index (χ0) is 31.5. The minimum absolute atomic E-state index is 0.0671. The summed E-state index contributed by atoms with van der Waals surface area (Å²) in [4.78, 5) is 50.1. The van der Waals surface area contributed by atoms with E-state index in [4.69, 9.17) is 15.9 Å². The molecule has 0 heterocycles. The predicted octanol–water partition coefficient (Wildman–Crippen LogP) is 0.876. The van der Waals surface area contributed by atoms with Crippen LogP contribution in [0.2, 0.25) is 0 Å². The minimum atomic E-state index is -2.75. The van der Waals surface area contributed by atoms with E-state index < -0.39 is 80.9 Å². The van der Waals surface area contributed by atoms with Crippen molar-refractivity contribution in [3.05, 3.63) is 81.8 Å². The van der Waals surface area contributed by atoms with E-state index in [2.05, 4.69) is 0 Å². The number of aromatic carboxylic acids is 1. The normalized spacial score (nSPS) is 28.4. The van der Waals surface area contributed by atoms with Crippen molar-refractivity contribution in [2.24, 2.45) is 17.6 Å². The fraction of sp³-hybridized carbons (Fsp3) is 0.310. The van der Waals surface area contributed by atoms with Crippen LogP contribution in [0.5, 0.6) is 11.5 Å². The first-order valence-corrected chi connectivity index (χ1v) is 12.7. The Labute approximate surface area is 239 Å². The second kappa shape index (κ2) is 10.3. The Balaban J connectivity index is 0.000000343. The molecule has 0 spiro atoms. The zero-order valence-electron chi connectivity index (χ0n) is 22.8. The minimum Gasteiger partial charge on any atom is -0.510 e. The lowest BCUT2D eigenvalue weighted by molar-refractivity contribution is -0.151. The molecule has 5 atom stereocenters. The molecule has 3 aliphatic rings. The molecule has 13 heteroatoms. The molecule has 3 aliphatic carbocycles. The van der Waals surface area contributed by atoms with Crippen LogP contribution in [-0.2, 0) is 15.2 Å². The molecule has 0 aromatic heterocycles. The third-order valence-electron chi connectivity index (χ3n) is 8.16. The number of rotatable bonds is 3. The maximum absolute atomic E-state index is 13.3. The van der Waals surface area contributed by atoms with Crippen molar-refractivity contribution in [3.63, 3.8) is 0 Å². The van der Waals surface area contributed by atoms with Crippen LogP contribution >= 0.6 is 0 Å². The summed E-state index contributed by atoms with van der Waals surface area (Å²) in [6.45, 7) is 1.40. The van der Waals surface area contributed by atoms with Crippen LogP contribution in [0, 0.1) is 11.8 Å². The molecule has 222 valence electrons. The number of para-hydroxylation sites is 1.